The molecule has 0 radical (unpaired) electrons. The normalized spacial score (nSPS) is 40.3. The predicted octanol–water partition coefficient (Wildman–Crippen LogP) is 1.99. The third-order valence-corrected chi connectivity index (χ3v) is 4.15. The summed E-state index contributed by atoms with van der Waals surface area (Å²) in [5.74, 6) is 0.963. The SMILES string of the molecule is CC1CCC(N2CCCC2CN)CC1. The summed E-state index contributed by atoms with van der Waals surface area (Å²) in [5.41, 5.74) is 5.82. The highest BCUT2D eigenvalue weighted by Crippen LogP contribution is 2.31. The highest BCUT2D eigenvalue weighted by Gasteiger charge is 2.31. The molecule has 82 valence electrons. The van der Waals surface area contributed by atoms with Crippen LogP contribution in [0.5, 0.6) is 0 Å². The average Bonchev–Trinajstić information content (AvgIpc) is 2.67. The Balaban J connectivity index is 1.88. The van der Waals surface area contributed by atoms with E-state index in [2.05, 4.69) is 11.8 Å². The van der Waals surface area contributed by atoms with Crippen LogP contribution in [-0.2, 0) is 0 Å². The molecule has 2 nitrogen and oxygen atoms in total. The molecule has 2 rings (SSSR count). The van der Waals surface area contributed by atoms with Crippen molar-refractivity contribution in [3.8, 4) is 0 Å². The van der Waals surface area contributed by atoms with Gasteiger partial charge in [-0.05, 0) is 51.0 Å². The second kappa shape index (κ2) is 4.63. The Morgan fingerprint density at radius 2 is 1.86 bits per heavy atom. The predicted molar refractivity (Wildman–Crippen MR) is 60.2 cm³/mol. The largest absolute Gasteiger partial charge is 0.329 e. The lowest BCUT2D eigenvalue weighted by Gasteiger charge is -2.36. The second-order valence-corrected chi connectivity index (χ2v) is 5.18. The number of likely N-dealkylation sites (tertiary alicyclic amines) is 1. The van der Waals surface area contributed by atoms with Crippen molar-refractivity contribution in [3.05, 3.63) is 0 Å². The van der Waals surface area contributed by atoms with Crippen LogP contribution in [0.4, 0.5) is 0 Å². The van der Waals surface area contributed by atoms with E-state index < -0.39 is 0 Å². The lowest BCUT2D eigenvalue weighted by atomic mass is 9.86. The van der Waals surface area contributed by atoms with E-state index in [1.807, 2.05) is 0 Å². The zero-order valence-electron chi connectivity index (χ0n) is 9.41. The fraction of sp³-hybridized carbons (Fsp3) is 1.00. The third kappa shape index (κ3) is 2.12. The summed E-state index contributed by atoms with van der Waals surface area (Å²) in [6.45, 7) is 4.56. The zero-order chi connectivity index (χ0) is 9.97. The molecule has 1 saturated heterocycles. The van der Waals surface area contributed by atoms with Gasteiger partial charge in [-0.25, -0.2) is 0 Å². The summed E-state index contributed by atoms with van der Waals surface area (Å²) < 4.78 is 0. The smallest absolute Gasteiger partial charge is 0.0221 e. The van der Waals surface area contributed by atoms with Crippen LogP contribution in [0.2, 0.25) is 0 Å². The molecule has 1 aliphatic heterocycles. The van der Waals surface area contributed by atoms with Gasteiger partial charge in [-0.15, -0.1) is 0 Å². The lowest BCUT2D eigenvalue weighted by molar-refractivity contribution is 0.130. The van der Waals surface area contributed by atoms with Gasteiger partial charge in [0.25, 0.3) is 0 Å². The minimum absolute atomic E-state index is 0.702. The van der Waals surface area contributed by atoms with E-state index in [-0.39, 0.29) is 0 Å². The molecule has 1 unspecified atom stereocenters. The van der Waals surface area contributed by atoms with Crippen molar-refractivity contribution in [2.75, 3.05) is 13.1 Å². The van der Waals surface area contributed by atoms with Gasteiger partial charge in [-0.1, -0.05) is 6.92 Å². The van der Waals surface area contributed by atoms with Crippen molar-refractivity contribution < 1.29 is 0 Å². The monoisotopic (exact) mass is 196 g/mol. The summed E-state index contributed by atoms with van der Waals surface area (Å²) in [6, 6.07) is 1.57. The molecule has 1 heterocycles. The second-order valence-electron chi connectivity index (χ2n) is 5.18. The van der Waals surface area contributed by atoms with Crippen LogP contribution in [0.1, 0.15) is 45.4 Å². The first-order valence-corrected chi connectivity index (χ1v) is 6.27. The van der Waals surface area contributed by atoms with Crippen LogP contribution in [0.3, 0.4) is 0 Å². The molecule has 0 aromatic carbocycles. The maximum Gasteiger partial charge on any atom is 0.0221 e. The topological polar surface area (TPSA) is 29.3 Å². The number of nitrogens with two attached hydrogens (primary N) is 1. The average molecular weight is 196 g/mol. The van der Waals surface area contributed by atoms with Gasteiger partial charge in [0, 0.05) is 18.6 Å². The summed E-state index contributed by atoms with van der Waals surface area (Å²) in [7, 11) is 0. The molecule has 0 amide bonds. The highest BCUT2D eigenvalue weighted by atomic mass is 15.2. The maximum absolute atomic E-state index is 5.82. The van der Waals surface area contributed by atoms with E-state index in [0.717, 1.165) is 18.5 Å². The first-order valence-electron chi connectivity index (χ1n) is 6.27. The summed E-state index contributed by atoms with van der Waals surface area (Å²) in [6.07, 6.45) is 8.39. The van der Waals surface area contributed by atoms with Crippen LogP contribution < -0.4 is 5.73 Å². The molecule has 1 aliphatic carbocycles. The summed E-state index contributed by atoms with van der Waals surface area (Å²) in [4.78, 5) is 2.70. The number of nitrogens with zero attached hydrogens (tertiary/aromatic N) is 1. The highest BCUT2D eigenvalue weighted by molar-refractivity contribution is 4.87. The van der Waals surface area contributed by atoms with Crippen molar-refractivity contribution in [1.82, 2.24) is 4.90 Å². The van der Waals surface area contributed by atoms with E-state index in [4.69, 9.17) is 5.73 Å². The molecule has 2 heteroatoms. The van der Waals surface area contributed by atoms with Gasteiger partial charge in [0.1, 0.15) is 0 Å². The Bertz CT molecular complexity index is 173. The quantitative estimate of drug-likeness (QED) is 0.732. The van der Waals surface area contributed by atoms with Gasteiger partial charge >= 0.3 is 0 Å². The Kier molecular flexibility index (Phi) is 3.45. The van der Waals surface area contributed by atoms with Gasteiger partial charge in [-0.3, -0.25) is 4.90 Å². The van der Waals surface area contributed by atoms with Crippen molar-refractivity contribution in [2.45, 2.75) is 57.5 Å². The molecular formula is C12H24N2. The Labute approximate surface area is 87.8 Å². The van der Waals surface area contributed by atoms with E-state index in [1.54, 1.807) is 0 Å². The molecule has 2 aliphatic rings. The molecule has 0 aromatic heterocycles. The van der Waals surface area contributed by atoms with E-state index in [9.17, 15) is 0 Å². The summed E-state index contributed by atoms with van der Waals surface area (Å²) in [5, 5.41) is 0. The maximum atomic E-state index is 5.82. The Morgan fingerprint density at radius 3 is 2.50 bits per heavy atom. The van der Waals surface area contributed by atoms with Crippen molar-refractivity contribution in [1.29, 1.82) is 0 Å². The van der Waals surface area contributed by atoms with Crippen LogP contribution in [0.25, 0.3) is 0 Å². The van der Waals surface area contributed by atoms with Gasteiger partial charge in [0.15, 0.2) is 0 Å². The molecular weight excluding hydrogens is 172 g/mol. The van der Waals surface area contributed by atoms with Gasteiger partial charge in [-0.2, -0.15) is 0 Å². The Morgan fingerprint density at radius 1 is 1.14 bits per heavy atom. The first kappa shape index (κ1) is 10.4. The number of rotatable bonds is 2. The third-order valence-electron chi connectivity index (χ3n) is 4.15. The van der Waals surface area contributed by atoms with Crippen molar-refractivity contribution in [2.24, 2.45) is 11.7 Å². The summed E-state index contributed by atoms with van der Waals surface area (Å²) >= 11 is 0. The molecule has 1 atom stereocenters. The first-order chi connectivity index (χ1) is 6.81. The van der Waals surface area contributed by atoms with Crippen LogP contribution in [-0.4, -0.2) is 30.1 Å². The molecule has 14 heavy (non-hydrogen) atoms. The lowest BCUT2D eigenvalue weighted by Crippen LogP contribution is -2.44. The molecule has 1 saturated carbocycles. The van der Waals surface area contributed by atoms with Crippen LogP contribution in [0.15, 0.2) is 0 Å². The molecule has 2 N–H and O–H groups in total. The van der Waals surface area contributed by atoms with E-state index >= 15 is 0 Å². The molecule has 2 fully saturated rings. The number of hydrogen-bond acceptors (Lipinski definition) is 2. The molecule has 0 bridgehead atoms. The minimum atomic E-state index is 0.702. The standard InChI is InChI=1S/C12H24N2/c1-10-4-6-11(7-5-10)14-8-2-3-12(14)9-13/h10-12H,2-9,13H2,1H3. The molecule has 0 aromatic rings. The van der Waals surface area contributed by atoms with E-state index in [1.165, 1.54) is 45.1 Å². The Hall–Kier alpha value is -0.0800. The van der Waals surface area contributed by atoms with Crippen LogP contribution >= 0.6 is 0 Å². The van der Waals surface area contributed by atoms with Gasteiger partial charge in [0.2, 0.25) is 0 Å². The fourth-order valence-corrected chi connectivity index (χ4v) is 3.17. The number of hydrogen-bond donors (Lipinski definition) is 1. The fourth-order valence-electron chi connectivity index (χ4n) is 3.17. The van der Waals surface area contributed by atoms with Crippen molar-refractivity contribution >= 4 is 0 Å². The van der Waals surface area contributed by atoms with Gasteiger partial charge in [0.05, 0.1) is 0 Å². The van der Waals surface area contributed by atoms with Crippen LogP contribution in [0, 0.1) is 5.92 Å². The minimum Gasteiger partial charge on any atom is -0.329 e. The van der Waals surface area contributed by atoms with Crippen molar-refractivity contribution in [3.63, 3.8) is 0 Å². The molecule has 0 spiro atoms. The zero-order valence-corrected chi connectivity index (χ0v) is 9.41. The van der Waals surface area contributed by atoms with Gasteiger partial charge < -0.3 is 5.73 Å². The van der Waals surface area contributed by atoms with E-state index in [0.29, 0.717) is 6.04 Å².